The molecule has 31 heavy (non-hydrogen) atoms. The normalized spacial score (nSPS) is 11.4. The van der Waals surface area contributed by atoms with Gasteiger partial charge in [0, 0.05) is 26.7 Å². The second-order valence-electron chi connectivity index (χ2n) is 6.87. The summed E-state index contributed by atoms with van der Waals surface area (Å²) in [5, 5.41) is 12.7. The zero-order valence-electron chi connectivity index (χ0n) is 16.3. The number of rotatable bonds is 5. The lowest BCUT2D eigenvalue weighted by Crippen LogP contribution is -1.99. The molecule has 4 aromatic rings. The molecule has 0 amide bonds. The van der Waals surface area contributed by atoms with Crippen molar-refractivity contribution in [1.29, 1.82) is 5.26 Å². The molecule has 0 aliphatic carbocycles. The maximum atomic E-state index is 14.3. The monoisotopic (exact) mass is 447 g/mol. The summed E-state index contributed by atoms with van der Waals surface area (Å²) in [4.78, 5) is 0. The lowest BCUT2D eigenvalue weighted by molar-refractivity contribution is 0.306. The van der Waals surface area contributed by atoms with E-state index in [2.05, 4.69) is 6.07 Å². The van der Waals surface area contributed by atoms with Crippen LogP contribution in [0.2, 0.25) is 10.0 Å². The average Bonchev–Trinajstić information content (AvgIpc) is 2.78. The van der Waals surface area contributed by atoms with Crippen LogP contribution >= 0.6 is 23.2 Å². The van der Waals surface area contributed by atoms with Gasteiger partial charge in [-0.2, -0.15) is 5.26 Å². The quantitative estimate of drug-likeness (QED) is 0.229. The Balaban J connectivity index is 1.81. The van der Waals surface area contributed by atoms with Crippen molar-refractivity contribution in [2.24, 2.45) is 0 Å². The Bertz CT molecular complexity index is 1340. The number of nitriles is 1. The van der Waals surface area contributed by atoms with Gasteiger partial charge in [-0.3, -0.25) is 0 Å². The van der Waals surface area contributed by atoms with Crippen LogP contribution < -0.4 is 4.74 Å². The van der Waals surface area contributed by atoms with Crippen LogP contribution in [0.4, 0.5) is 4.39 Å². The fourth-order valence-corrected chi connectivity index (χ4v) is 3.80. The molecule has 0 atom stereocenters. The van der Waals surface area contributed by atoms with Crippen molar-refractivity contribution in [2.45, 2.75) is 6.61 Å². The number of hydrogen-bond donors (Lipinski definition) is 0. The molecule has 0 heterocycles. The Hall–Kier alpha value is -3.32. The largest absolute Gasteiger partial charge is 0.488 e. The molecule has 0 saturated carbocycles. The molecule has 2 nitrogen and oxygen atoms in total. The molecular formula is C26H16Cl2FNO. The first-order valence-corrected chi connectivity index (χ1v) is 10.3. The first-order valence-electron chi connectivity index (χ1n) is 9.52. The van der Waals surface area contributed by atoms with Gasteiger partial charge in [0.1, 0.15) is 18.2 Å². The summed E-state index contributed by atoms with van der Waals surface area (Å²) < 4.78 is 20.4. The maximum Gasteiger partial charge on any atom is 0.131 e. The number of nitrogens with zero attached hydrogens (tertiary/aromatic N) is 1. The molecular weight excluding hydrogens is 432 g/mol. The minimum absolute atomic E-state index is 0.212. The van der Waals surface area contributed by atoms with Gasteiger partial charge < -0.3 is 4.74 Å². The van der Waals surface area contributed by atoms with Gasteiger partial charge in [0.05, 0.1) is 11.6 Å². The number of halogens is 3. The van der Waals surface area contributed by atoms with E-state index in [1.165, 1.54) is 6.07 Å². The van der Waals surface area contributed by atoms with Crippen molar-refractivity contribution in [1.82, 2.24) is 0 Å². The van der Waals surface area contributed by atoms with Crippen LogP contribution in [0.1, 0.15) is 16.7 Å². The summed E-state index contributed by atoms with van der Waals surface area (Å²) in [5.74, 6) is 0.111. The van der Waals surface area contributed by atoms with Crippen LogP contribution in [-0.2, 0) is 6.61 Å². The fourth-order valence-electron chi connectivity index (χ4n) is 3.34. The summed E-state index contributed by atoms with van der Waals surface area (Å²) in [7, 11) is 0. The van der Waals surface area contributed by atoms with E-state index < -0.39 is 5.82 Å². The van der Waals surface area contributed by atoms with E-state index in [1.807, 2.05) is 36.4 Å². The average molecular weight is 448 g/mol. The summed E-state index contributed by atoms with van der Waals surface area (Å²) in [5.41, 5.74) is 1.93. The minimum Gasteiger partial charge on any atom is -0.488 e. The fraction of sp³-hybridized carbons (Fsp3) is 0.0385. The lowest BCUT2D eigenvalue weighted by atomic mass is 9.98. The van der Waals surface area contributed by atoms with E-state index in [4.69, 9.17) is 27.9 Å². The Morgan fingerprint density at radius 3 is 2.52 bits per heavy atom. The lowest BCUT2D eigenvalue weighted by Gasteiger charge is -2.14. The van der Waals surface area contributed by atoms with Gasteiger partial charge >= 0.3 is 0 Å². The first-order chi connectivity index (χ1) is 15.1. The molecule has 0 saturated heterocycles. The third kappa shape index (κ3) is 4.56. The smallest absolute Gasteiger partial charge is 0.131 e. The maximum absolute atomic E-state index is 14.3. The predicted molar refractivity (Wildman–Crippen MR) is 125 cm³/mol. The van der Waals surface area contributed by atoms with Gasteiger partial charge in [0.2, 0.25) is 0 Å². The summed E-state index contributed by atoms with van der Waals surface area (Å²) in [6.45, 7) is 0.219. The molecule has 0 spiro atoms. The van der Waals surface area contributed by atoms with Gasteiger partial charge in [-0.1, -0.05) is 77.8 Å². The Labute approximate surface area is 189 Å². The van der Waals surface area contributed by atoms with E-state index in [1.54, 1.807) is 42.5 Å². The van der Waals surface area contributed by atoms with E-state index >= 15 is 0 Å². The van der Waals surface area contributed by atoms with Crippen LogP contribution in [0.25, 0.3) is 22.4 Å². The molecule has 4 rings (SSSR count). The van der Waals surface area contributed by atoms with Gasteiger partial charge in [-0.15, -0.1) is 0 Å². The highest BCUT2D eigenvalue weighted by atomic mass is 35.5. The Morgan fingerprint density at radius 2 is 1.74 bits per heavy atom. The molecule has 0 aliphatic rings. The molecule has 4 aromatic carbocycles. The molecule has 5 heteroatoms. The van der Waals surface area contributed by atoms with Crippen molar-refractivity contribution in [3.05, 3.63) is 111 Å². The third-order valence-corrected chi connectivity index (χ3v) is 5.49. The Kier molecular flexibility index (Phi) is 6.23. The number of allylic oxidation sites excluding steroid dienone is 1. The zero-order chi connectivity index (χ0) is 21.8. The molecule has 0 aromatic heterocycles. The van der Waals surface area contributed by atoms with Crippen LogP contribution in [0.15, 0.2) is 78.9 Å². The van der Waals surface area contributed by atoms with E-state index in [0.717, 1.165) is 16.3 Å². The summed E-state index contributed by atoms with van der Waals surface area (Å²) >= 11 is 12.2. The SMILES string of the molecule is N#C/C(=C/c1c(OCc2ccc(Cl)cc2Cl)ccc2ccccc12)c1ccccc1F. The molecule has 0 bridgehead atoms. The van der Waals surface area contributed by atoms with Gasteiger partial charge in [-0.05, 0) is 41.1 Å². The van der Waals surface area contributed by atoms with Gasteiger partial charge in [0.15, 0.2) is 0 Å². The number of fused-ring (bicyclic) bond motifs is 1. The highest BCUT2D eigenvalue weighted by molar-refractivity contribution is 6.35. The predicted octanol–water partition coefficient (Wildman–Crippen LogP) is 7.93. The van der Waals surface area contributed by atoms with Crippen molar-refractivity contribution in [3.8, 4) is 11.8 Å². The summed E-state index contributed by atoms with van der Waals surface area (Å²) in [6.07, 6.45) is 1.67. The highest BCUT2D eigenvalue weighted by Crippen LogP contribution is 2.33. The number of benzene rings is 4. The minimum atomic E-state index is -0.453. The number of hydrogen-bond acceptors (Lipinski definition) is 2. The number of ether oxygens (including phenoxy) is 1. The van der Waals surface area contributed by atoms with Crippen molar-refractivity contribution < 1.29 is 9.13 Å². The molecule has 0 unspecified atom stereocenters. The molecule has 152 valence electrons. The topological polar surface area (TPSA) is 33.0 Å². The molecule has 0 aliphatic heterocycles. The van der Waals surface area contributed by atoms with E-state index in [9.17, 15) is 9.65 Å². The third-order valence-electron chi connectivity index (χ3n) is 4.90. The van der Waals surface area contributed by atoms with Crippen molar-refractivity contribution in [2.75, 3.05) is 0 Å². The van der Waals surface area contributed by atoms with Crippen LogP contribution in [0.3, 0.4) is 0 Å². The van der Waals surface area contributed by atoms with Crippen molar-refractivity contribution in [3.63, 3.8) is 0 Å². The van der Waals surface area contributed by atoms with E-state index in [0.29, 0.717) is 21.4 Å². The zero-order valence-corrected chi connectivity index (χ0v) is 17.8. The molecule has 0 N–H and O–H groups in total. The van der Waals surface area contributed by atoms with Crippen LogP contribution in [0, 0.1) is 17.1 Å². The molecule has 0 radical (unpaired) electrons. The molecule has 0 fully saturated rings. The van der Waals surface area contributed by atoms with Crippen LogP contribution in [0.5, 0.6) is 5.75 Å². The van der Waals surface area contributed by atoms with Gasteiger partial charge in [-0.25, -0.2) is 4.39 Å². The Morgan fingerprint density at radius 1 is 0.968 bits per heavy atom. The second-order valence-corrected chi connectivity index (χ2v) is 7.72. The van der Waals surface area contributed by atoms with Gasteiger partial charge in [0.25, 0.3) is 0 Å². The standard InChI is InChI=1S/C26H16Cl2FNO/c27-20-11-9-18(24(28)14-20)16-31-26-12-10-17-5-1-2-6-21(17)23(26)13-19(15-30)22-7-3-4-8-25(22)29/h1-14H,16H2/b19-13-. The van der Waals surface area contributed by atoms with Crippen molar-refractivity contribution >= 4 is 45.6 Å². The highest BCUT2D eigenvalue weighted by Gasteiger charge is 2.13. The summed E-state index contributed by atoms with van der Waals surface area (Å²) in [6, 6.07) is 25.1. The van der Waals surface area contributed by atoms with E-state index in [-0.39, 0.29) is 17.7 Å². The second kappa shape index (κ2) is 9.22. The van der Waals surface area contributed by atoms with Crippen LogP contribution in [-0.4, -0.2) is 0 Å². The first kappa shape index (κ1) is 20.9.